The Morgan fingerprint density at radius 1 is 1.41 bits per heavy atom. The largest absolute Gasteiger partial charge is 0.399 e. The van der Waals surface area contributed by atoms with Crippen LogP contribution in [0.5, 0.6) is 0 Å². The smallest absolute Gasteiger partial charge is 0.221 e. The molecule has 17 heavy (non-hydrogen) atoms. The normalized spacial score (nSPS) is 13.8. The number of nitrogens with one attached hydrogen (secondary N) is 1. The summed E-state index contributed by atoms with van der Waals surface area (Å²) in [7, 11) is 0. The number of amides is 1. The van der Waals surface area contributed by atoms with Crippen LogP contribution in [0.15, 0.2) is 36.9 Å². The highest BCUT2D eigenvalue weighted by atomic mass is 16.1. The van der Waals surface area contributed by atoms with Crippen LogP contribution in [0.1, 0.15) is 31.7 Å². The van der Waals surface area contributed by atoms with Gasteiger partial charge in [0.2, 0.25) is 5.91 Å². The molecule has 3 nitrogen and oxygen atoms in total. The average Bonchev–Trinajstić information content (AvgIpc) is 2.29. The van der Waals surface area contributed by atoms with E-state index < -0.39 is 0 Å². The Morgan fingerprint density at radius 3 is 2.53 bits per heavy atom. The Bertz CT molecular complexity index is 384. The third-order valence-electron chi connectivity index (χ3n) is 2.74. The number of carbonyl (C=O) groups excluding carboxylic acids is 1. The van der Waals surface area contributed by atoms with Gasteiger partial charge in [-0.2, -0.15) is 0 Å². The molecule has 0 saturated heterocycles. The van der Waals surface area contributed by atoms with Gasteiger partial charge in [0.25, 0.3) is 0 Å². The topological polar surface area (TPSA) is 55.1 Å². The maximum absolute atomic E-state index is 11.7. The van der Waals surface area contributed by atoms with E-state index in [9.17, 15) is 4.79 Å². The Hall–Kier alpha value is -1.77. The predicted molar refractivity (Wildman–Crippen MR) is 71.7 cm³/mol. The SMILES string of the molecule is C=CC(C)NC(=O)CC(C)c1ccc(N)cc1. The highest BCUT2D eigenvalue weighted by molar-refractivity contribution is 5.77. The number of nitrogens with two attached hydrogens (primary N) is 1. The van der Waals surface area contributed by atoms with Gasteiger partial charge in [0, 0.05) is 18.2 Å². The number of anilines is 1. The standard InChI is InChI=1S/C14H20N2O/c1-4-11(3)16-14(17)9-10(2)12-5-7-13(15)8-6-12/h4-8,10-11H,1,9,15H2,2-3H3,(H,16,17). The van der Waals surface area contributed by atoms with Gasteiger partial charge < -0.3 is 11.1 Å². The second-order valence-electron chi connectivity index (χ2n) is 4.36. The molecule has 0 bridgehead atoms. The van der Waals surface area contributed by atoms with Crippen molar-refractivity contribution in [3.8, 4) is 0 Å². The van der Waals surface area contributed by atoms with Crippen molar-refractivity contribution in [1.29, 1.82) is 0 Å². The number of rotatable bonds is 5. The molecule has 3 heteroatoms. The molecule has 3 N–H and O–H groups in total. The van der Waals surface area contributed by atoms with E-state index in [1.807, 2.05) is 38.1 Å². The predicted octanol–water partition coefficient (Wildman–Crippen LogP) is 2.45. The van der Waals surface area contributed by atoms with Crippen molar-refractivity contribution in [3.63, 3.8) is 0 Å². The Balaban J connectivity index is 2.54. The van der Waals surface area contributed by atoms with Gasteiger partial charge in [0.15, 0.2) is 0 Å². The number of carbonyl (C=O) groups is 1. The van der Waals surface area contributed by atoms with Crippen molar-refractivity contribution < 1.29 is 4.79 Å². The maximum Gasteiger partial charge on any atom is 0.221 e. The lowest BCUT2D eigenvalue weighted by molar-refractivity contribution is -0.121. The zero-order valence-corrected chi connectivity index (χ0v) is 10.4. The first-order valence-electron chi connectivity index (χ1n) is 5.80. The fourth-order valence-electron chi connectivity index (χ4n) is 1.59. The Kier molecular flexibility index (Phi) is 4.76. The summed E-state index contributed by atoms with van der Waals surface area (Å²) in [6, 6.07) is 7.65. The zero-order valence-electron chi connectivity index (χ0n) is 10.4. The van der Waals surface area contributed by atoms with Gasteiger partial charge in [0.05, 0.1) is 0 Å². The Morgan fingerprint density at radius 2 is 2.00 bits per heavy atom. The van der Waals surface area contributed by atoms with E-state index in [0.29, 0.717) is 6.42 Å². The minimum absolute atomic E-state index is 0.0149. The molecule has 2 unspecified atom stereocenters. The summed E-state index contributed by atoms with van der Waals surface area (Å²) in [4.78, 5) is 11.7. The lowest BCUT2D eigenvalue weighted by Crippen LogP contribution is -2.31. The molecule has 1 amide bonds. The maximum atomic E-state index is 11.7. The molecule has 1 aromatic rings. The third-order valence-corrected chi connectivity index (χ3v) is 2.74. The van der Waals surface area contributed by atoms with Crippen LogP contribution >= 0.6 is 0 Å². The molecule has 0 radical (unpaired) electrons. The minimum atomic E-state index is 0.0149. The summed E-state index contributed by atoms with van der Waals surface area (Å²) >= 11 is 0. The molecule has 0 aliphatic carbocycles. The molecular weight excluding hydrogens is 212 g/mol. The van der Waals surface area contributed by atoms with E-state index in [1.165, 1.54) is 0 Å². The highest BCUT2D eigenvalue weighted by Gasteiger charge is 2.11. The van der Waals surface area contributed by atoms with Crippen LogP contribution in [0, 0.1) is 0 Å². The van der Waals surface area contributed by atoms with Gasteiger partial charge in [-0.1, -0.05) is 25.1 Å². The number of hydrogen-bond donors (Lipinski definition) is 2. The zero-order chi connectivity index (χ0) is 12.8. The molecule has 0 aliphatic rings. The van der Waals surface area contributed by atoms with E-state index in [-0.39, 0.29) is 17.9 Å². The van der Waals surface area contributed by atoms with Crippen molar-refractivity contribution in [1.82, 2.24) is 5.32 Å². The molecule has 0 fully saturated rings. The van der Waals surface area contributed by atoms with Gasteiger partial charge in [-0.3, -0.25) is 4.79 Å². The lowest BCUT2D eigenvalue weighted by atomic mass is 9.97. The van der Waals surface area contributed by atoms with Gasteiger partial charge in [-0.25, -0.2) is 0 Å². The van der Waals surface area contributed by atoms with Crippen LogP contribution in [0.3, 0.4) is 0 Å². The van der Waals surface area contributed by atoms with Crippen LogP contribution < -0.4 is 11.1 Å². The molecule has 2 atom stereocenters. The first kappa shape index (κ1) is 13.3. The summed E-state index contributed by atoms with van der Waals surface area (Å²) in [5.74, 6) is 0.231. The quantitative estimate of drug-likeness (QED) is 0.605. The molecule has 0 heterocycles. The molecule has 1 aromatic carbocycles. The van der Waals surface area contributed by atoms with Gasteiger partial charge >= 0.3 is 0 Å². The van der Waals surface area contributed by atoms with Crippen molar-refractivity contribution in [2.75, 3.05) is 5.73 Å². The molecule has 92 valence electrons. The van der Waals surface area contributed by atoms with Crippen LogP contribution in [0.25, 0.3) is 0 Å². The van der Waals surface area contributed by atoms with E-state index >= 15 is 0 Å². The molecule has 1 rings (SSSR count). The van der Waals surface area contributed by atoms with Crippen molar-refractivity contribution in [2.45, 2.75) is 32.2 Å². The first-order chi connectivity index (χ1) is 8.02. The molecule has 0 aromatic heterocycles. The lowest BCUT2D eigenvalue weighted by Gasteiger charge is -2.14. The number of nitrogen functional groups attached to an aromatic ring is 1. The van der Waals surface area contributed by atoms with Crippen LogP contribution in [-0.2, 0) is 4.79 Å². The fourth-order valence-corrected chi connectivity index (χ4v) is 1.59. The van der Waals surface area contributed by atoms with Crippen LogP contribution in [-0.4, -0.2) is 11.9 Å². The summed E-state index contributed by atoms with van der Waals surface area (Å²) in [5.41, 5.74) is 7.49. The van der Waals surface area contributed by atoms with Gasteiger partial charge in [-0.05, 0) is 30.5 Å². The fraction of sp³-hybridized carbons (Fsp3) is 0.357. The third kappa shape index (κ3) is 4.31. The molecular formula is C14H20N2O. The number of benzene rings is 1. The molecule has 0 spiro atoms. The first-order valence-corrected chi connectivity index (χ1v) is 5.80. The Labute approximate surface area is 103 Å². The van der Waals surface area contributed by atoms with Crippen LogP contribution in [0.2, 0.25) is 0 Å². The second-order valence-corrected chi connectivity index (χ2v) is 4.36. The summed E-state index contributed by atoms with van der Waals surface area (Å²) in [6.07, 6.45) is 2.19. The van der Waals surface area contributed by atoms with Crippen LogP contribution in [0.4, 0.5) is 5.69 Å². The average molecular weight is 232 g/mol. The van der Waals surface area contributed by atoms with Crippen molar-refractivity contribution >= 4 is 11.6 Å². The summed E-state index contributed by atoms with van der Waals surface area (Å²) in [6.45, 7) is 7.57. The minimum Gasteiger partial charge on any atom is -0.399 e. The van der Waals surface area contributed by atoms with Gasteiger partial charge in [-0.15, -0.1) is 6.58 Å². The monoisotopic (exact) mass is 232 g/mol. The summed E-state index contributed by atoms with van der Waals surface area (Å²) in [5, 5.41) is 2.86. The summed E-state index contributed by atoms with van der Waals surface area (Å²) < 4.78 is 0. The highest BCUT2D eigenvalue weighted by Crippen LogP contribution is 2.19. The van der Waals surface area contributed by atoms with E-state index in [2.05, 4.69) is 11.9 Å². The van der Waals surface area contributed by atoms with Crippen molar-refractivity contribution in [2.24, 2.45) is 0 Å². The second kappa shape index (κ2) is 6.09. The van der Waals surface area contributed by atoms with Gasteiger partial charge in [0.1, 0.15) is 0 Å². The molecule has 0 aliphatic heterocycles. The number of hydrogen-bond acceptors (Lipinski definition) is 2. The van der Waals surface area contributed by atoms with E-state index in [1.54, 1.807) is 6.08 Å². The molecule has 0 saturated carbocycles. The van der Waals surface area contributed by atoms with E-state index in [0.717, 1.165) is 11.3 Å². The van der Waals surface area contributed by atoms with E-state index in [4.69, 9.17) is 5.73 Å². The van der Waals surface area contributed by atoms with Crippen molar-refractivity contribution in [3.05, 3.63) is 42.5 Å².